The Labute approximate surface area is 154 Å². The van der Waals surface area contributed by atoms with Crippen molar-refractivity contribution >= 4 is 16.0 Å². The van der Waals surface area contributed by atoms with Gasteiger partial charge in [0.25, 0.3) is 0 Å². The minimum Gasteiger partial charge on any atom is -0.357 e. The summed E-state index contributed by atoms with van der Waals surface area (Å²) in [7, 11) is -3.02. The lowest BCUT2D eigenvalue weighted by atomic mass is 10.2. The molecule has 0 radical (unpaired) electrons. The van der Waals surface area contributed by atoms with Crippen LogP contribution >= 0.6 is 0 Å². The fourth-order valence-electron chi connectivity index (χ4n) is 3.14. The van der Waals surface area contributed by atoms with Crippen molar-refractivity contribution in [3.05, 3.63) is 0 Å². The zero-order valence-corrected chi connectivity index (χ0v) is 17.4. The van der Waals surface area contributed by atoms with Gasteiger partial charge in [0.2, 0.25) is 10.0 Å². The zero-order chi connectivity index (χ0) is 18.9. The average Bonchev–Trinajstić information content (AvgIpc) is 2.85. The summed E-state index contributed by atoms with van der Waals surface area (Å²) in [5, 5.41) is 6.46. The molecule has 0 unspecified atom stereocenters. The predicted molar refractivity (Wildman–Crippen MR) is 106 cm³/mol. The Bertz CT molecular complexity index is 497. The molecule has 0 aromatic carbocycles. The largest absolute Gasteiger partial charge is 0.357 e. The second-order valence-corrected chi connectivity index (χ2v) is 9.12. The highest BCUT2D eigenvalue weighted by Gasteiger charge is 2.27. The first-order valence-electron chi connectivity index (χ1n) is 9.53. The molecule has 1 saturated heterocycles. The van der Waals surface area contributed by atoms with Crippen LogP contribution in [0.2, 0.25) is 0 Å². The number of hydrogen-bond donors (Lipinski definition) is 2. The van der Waals surface area contributed by atoms with Crippen molar-refractivity contribution in [3.63, 3.8) is 0 Å². The summed E-state index contributed by atoms with van der Waals surface area (Å²) in [6.07, 6.45) is 1.74. The minimum atomic E-state index is -3.02. The van der Waals surface area contributed by atoms with E-state index in [9.17, 15) is 8.42 Å². The third-order valence-corrected chi connectivity index (χ3v) is 6.33. The molecule has 0 bridgehead atoms. The van der Waals surface area contributed by atoms with Gasteiger partial charge in [-0.3, -0.25) is 9.89 Å². The first-order valence-corrected chi connectivity index (χ1v) is 11.1. The van der Waals surface area contributed by atoms with E-state index in [1.54, 1.807) is 4.31 Å². The SMILES string of the molecule is CCNC(=NCCCN(C(C)C)C(C)C)NCCN1CCCS1(=O)=O. The molecule has 0 spiro atoms. The van der Waals surface area contributed by atoms with Crippen molar-refractivity contribution in [3.8, 4) is 0 Å². The summed E-state index contributed by atoms with van der Waals surface area (Å²) in [5.74, 6) is 1.04. The third kappa shape index (κ3) is 7.92. The Morgan fingerprint density at radius 1 is 1.20 bits per heavy atom. The van der Waals surface area contributed by atoms with E-state index in [2.05, 4.69) is 48.2 Å². The molecular weight excluding hydrogens is 338 g/mol. The molecule has 8 heteroatoms. The van der Waals surface area contributed by atoms with Gasteiger partial charge in [0.1, 0.15) is 0 Å². The summed E-state index contributed by atoms with van der Waals surface area (Å²) < 4.78 is 25.2. The summed E-state index contributed by atoms with van der Waals surface area (Å²) in [6, 6.07) is 1.08. The first kappa shape index (κ1) is 22.2. The van der Waals surface area contributed by atoms with Gasteiger partial charge in [-0.2, -0.15) is 0 Å². The van der Waals surface area contributed by atoms with Crippen LogP contribution in [0.15, 0.2) is 4.99 Å². The number of sulfonamides is 1. The van der Waals surface area contributed by atoms with Crippen molar-refractivity contribution in [2.24, 2.45) is 4.99 Å². The van der Waals surface area contributed by atoms with Crippen LogP contribution in [0.5, 0.6) is 0 Å². The van der Waals surface area contributed by atoms with Crippen LogP contribution in [0.25, 0.3) is 0 Å². The molecule has 0 aliphatic carbocycles. The zero-order valence-electron chi connectivity index (χ0n) is 16.6. The van der Waals surface area contributed by atoms with Gasteiger partial charge in [0.15, 0.2) is 5.96 Å². The van der Waals surface area contributed by atoms with Crippen molar-refractivity contribution in [1.82, 2.24) is 19.8 Å². The number of nitrogens with one attached hydrogen (secondary N) is 2. The highest BCUT2D eigenvalue weighted by atomic mass is 32.2. The highest BCUT2D eigenvalue weighted by molar-refractivity contribution is 7.89. The summed E-state index contributed by atoms with van der Waals surface area (Å²) in [4.78, 5) is 7.07. The van der Waals surface area contributed by atoms with Gasteiger partial charge < -0.3 is 10.6 Å². The molecule has 0 aromatic rings. The van der Waals surface area contributed by atoms with Gasteiger partial charge in [-0.05, 0) is 47.5 Å². The van der Waals surface area contributed by atoms with E-state index >= 15 is 0 Å². The summed E-state index contributed by atoms with van der Waals surface area (Å²) in [6.45, 7) is 15.2. The third-order valence-electron chi connectivity index (χ3n) is 4.37. The van der Waals surface area contributed by atoms with Crippen LogP contribution < -0.4 is 10.6 Å². The number of rotatable bonds is 10. The molecule has 25 heavy (non-hydrogen) atoms. The Morgan fingerprint density at radius 2 is 1.88 bits per heavy atom. The number of nitrogens with zero attached hydrogens (tertiary/aromatic N) is 3. The van der Waals surface area contributed by atoms with E-state index in [0.29, 0.717) is 31.7 Å². The number of hydrogen-bond acceptors (Lipinski definition) is 4. The maximum absolute atomic E-state index is 11.8. The quantitative estimate of drug-likeness (QED) is 0.339. The fraction of sp³-hybridized carbons (Fsp3) is 0.941. The van der Waals surface area contributed by atoms with E-state index in [4.69, 9.17) is 0 Å². The molecule has 1 aliphatic rings. The maximum Gasteiger partial charge on any atom is 0.214 e. The normalized spacial score (nSPS) is 18.5. The number of guanidine groups is 1. The number of aliphatic imine (C=N–C) groups is 1. The topological polar surface area (TPSA) is 77.0 Å². The van der Waals surface area contributed by atoms with Gasteiger partial charge in [0, 0.05) is 51.4 Å². The van der Waals surface area contributed by atoms with Gasteiger partial charge in [-0.15, -0.1) is 0 Å². The molecule has 148 valence electrons. The summed E-state index contributed by atoms with van der Waals surface area (Å²) in [5.41, 5.74) is 0. The molecule has 1 aliphatic heterocycles. The fourth-order valence-corrected chi connectivity index (χ4v) is 4.67. The molecule has 0 amide bonds. The van der Waals surface area contributed by atoms with Crippen LogP contribution in [0.1, 0.15) is 47.5 Å². The van der Waals surface area contributed by atoms with E-state index in [1.165, 1.54) is 0 Å². The van der Waals surface area contributed by atoms with Crippen molar-refractivity contribution < 1.29 is 8.42 Å². The van der Waals surface area contributed by atoms with E-state index < -0.39 is 10.0 Å². The van der Waals surface area contributed by atoms with Crippen LogP contribution in [0, 0.1) is 0 Å². The molecular formula is C17H37N5O2S. The molecule has 0 saturated carbocycles. The second-order valence-electron chi connectivity index (χ2n) is 7.03. The second kappa shape index (κ2) is 11.0. The van der Waals surface area contributed by atoms with Gasteiger partial charge >= 0.3 is 0 Å². The van der Waals surface area contributed by atoms with E-state index in [1.807, 2.05) is 6.92 Å². The molecule has 1 heterocycles. The lowest BCUT2D eigenvalue weighted by Crippen LogP contribution is -2.42. The van der Waals surface area contributed by atoms with Crippen LogP contribution in [-0.2, 0) is 10.0 Å². The minimum absolute atomic E-state index is 0.281. The smallest absolute Gasteiger partial charge is 0.214 e. The van der Waals surface area contributed by atoms with Crippen molar-refractivity contribution in [2.75, 3.05) is 45.0 Å². The Hall–Kier alpha value is -0.860. The van der Waals surface area contributed by atoms with Crippen LogP contribution in [0.4, 0.5) is 0 Å². The Kier molecular flexibility index (Phi) is 9.74. The van der Waals surface area contributed by atoms with E-state index in [-0.39, 0.29) is 5.75 Å². The molecule has 0 aromatic heterocycles. The van der Waals surface area contributed by atoms with Crippen LogP contribution in [0.3, 0.4) is 0 Å². The van der Waals surface area contributed by atoms with Crippen LogP contribution in [-0.4, -0.2) is 80.7 Å². The van der Waals surface area contributed by atoms with E-state index in [0.717, 1.165) is 38.4 Å². The summed E-state index contributed by atoms with van der Waals surface area (Å²) >= 11 is 0. The molecule has 7 nitrogen and oxygen atoms in total. The molecule has 0 atom stereocenters. The lowest BCUT2D eigenvalue weighted by Gasteiger charge is -2.30. The average molecular weight is 376 g/mol. The Balaban J connectivity index is 2.38. The Morgan fingerprint density at radius 3 is 2.40 bits per heavy atom. The van der Waals surface area contributed by atoms with Gasteiger partial charge in [-0.1, -0.05) is 0 Å². The first-order chi connectivity index (χ1) is 11.8. The molecule has 1 fully saturated rings. The maximum atomic E-state index is 11.8. The predicted octanol–water partition coefficient (Wildman–Crippen LogP) is 1.09. The van der Waals surface area contributed by atoms with Crippen molar-refractivity contribution in [1.29, 1.82) is 0 Å². The van der Waals surface area contributed by atoms with Gasteiger partial charge in [0.05, 0.1) is 5.75 Å². The molecule has 2 N–H and O–H groups in total. The lowest BCUT2D eigenvalue weighted by molar-refractivity contribution is 0.174. The monoisotopic (exact) mass is 375 g/mol. The highest BCUT2D eigenvalue weighted by Crippen LogP contribution is 2.11. The standard InChI is InChI=1S/C17H37N5O2S/c1-6-18-17(19-9-7-12-22(15(2)3)16(4)5)20-10-13-21-11-8-14-25(21,23)24/h15-16H,6-14H2,1-5H3,(H2,18,19,20). The molecule has 1 rings (SSSR count). The van der Waals surface area contributed by atoms with Crippen molar-refractivity contribution in [2.45, 2.75) is 59.5 Å². The van der Waals surface area contributed by atoms with Gasteiger partial charge in [-0.25, -0.2) is 12.7 Å².